The van der Waals surface area contributed by atoms with Crippen LogP contribution in [-0.2, 0) is 6.18 Å². The summed E-state index contributed by atoms with van der Waals surface area (Å²) < 4.78 is 45.5. The number of alkyl halides is 3. The fraction of sp³-hybridized carbons (Fsp3) is 0.304. The van der Waals surface area contributed by atoms with E-state index in [4.69, 9.17) is 4.42 Å². The van der Waals surface area contributed by atoms with E-state index in [0.717, 1.165) is 37.8 Å². The molecule has 0 saturated heterocycles. The van der Waals surface area contributed by atoms with Crippen molar-refractivity contribution in [3.05, 3.63) is 60.0 Å². The number of hydrogen-bond acceptors (Lipinski definition) is 6. The van der Waals surface area contributed by atoms with Crippen LogP contribution in [0, 0.1) is 0 Å². The minimum absolute atomic E-state index is 0.119. The Balaban J connectivity index is 1.59. The van der Waals surface area contributed by atoms with Crippen molar-refractivity contribution in [2.24, 2.45) is 0 Å². The monoisotopic (exact) mass is 439 g/mol. The van der Waals surface area contributed by atoms with Gasteiger partial charge in [0.25, 0.3) is 5.89 Å². The van der Waals surface area contributed by atoms with Crippen molar-refractivity contribution in [2.45, 2.75) is 44.2 Å². The minimum atomic E-state index is -4.47. The fourth-order valence-electron chi connectivity index (χ4n) is 3.97. The van der Waals surface area contributed by atoms with Gasteiger partial charge in [-0.05, 0) is 43.2 Å². The Morgan fingerprint density at radius 1 is 0.875 bits per heavy atom. The average molecular weight is 439 g/mol. The van der Waals surface area contributed by atoms with Crippen molar-refractivity contribution in [3.8, 4) is 11.6 Å². The highest BCUT2D eigenvalue weighted by molar-refractivity contribution is 5.83. The van der Waals surface area contributed by atoms with E-state index in [9.17, 15) is 13.2 Å². The number of nitrogens with one attached hydrogen (secondary N) is 1. The lowest BCUT2D eigenvalue weighted by atomic mass is 9.89. The first-order valence-electron chi connectivity index (χ1n) is 10.5. The Morgan fingerprint density at radius 3 is 2.41 bits per heavy atom. The molecule has 2 aromatic heterocycles. The van der Waals surface area contributed by atoms with Gasteiger partial charge in [-0.1, -0.05) is 37.5 Å². The van der Waals surface area contributed by atoms with Crippen LogP contribution in [0.3, 0.4) is 0 Å². The lowest BCUT2D eigenvalue weighted by molar-refractivity contribution is -0.137. The third-order valence-corrected chi connectivity index (χ3v) is 5.63. The van der Waals surface area contributed by atoms with Crippen molar-refractivity contribution >= 4 is 22.5 Å². The quantitative estimate of drug-likeness (QED) is 0.392. The highest BCUT2D eigenvalue weighted by atomic mass is 19.4. The van der Waals surface area contributed by atoms with E-state index < -0.39 is 11.7 Å². The summed E-state index contributed by atoms with van der Waals surface area (Å²) in [5.41, 5.74) is 0.658. The summed E-state index contributed by atoms with van der Waals surface area (Å²) in [7, 11) is 0. The number of benzene rings is 2. The van der Waals surface area contributed by atoms with Crippen molar-refractivity contribution in [1.82, 2.24) is 20.2 Å². The van der Waals surface area contributed by atoms with Gasteiger partial charge in [0.2, 0.25) is 5.89 Å². The molecule has 2 heterocycles. The molecule has 1 saturated carbocycles. The van der Waals surface area contributed by atoms with E-state index in [2.05, 4.69) is 25.5 Å². The maximum atomic E-state index is 13.2. The van der Waals surface area contributed by atoms with Crippen LogP contribution in [0.2, 0.25) is 0 Å². The molecule has 1 fully saturated rings. The zero-order chi connectivity index (χ0) is 22.1. The molecule has 0 spiro atoms. The molecule has 0 amide bonds. The van der Waals surface area contributed by atoms with Crippen molar-refractivity contribution < 1.29 is 17.6 Å². The molecule has 32 heavy (non-hydrogen) atoms. The lowest BCUT2D eigenvalue weighted by Gasteiger charge is -2.17. The van der Waals surface area contributed by atoms with Crippen molar-refractivity contribution in [2.75, 3.05) is 5.32 Å². The highest BCUT2D eigenvalue weighted by Gasteiger charge is 2.31. The molecule has 0 aliphatic heterocycles. The van der Waals surface area contributed by atoms with Crippen molar-refractivity contribution in [1.29, 1.82) is 0 Å². The van der Waals surface area contributed by atoms with Crippen LogP contribution in [0.1, 0.15) is 49.5 Å². The average Bonchev–Trinajstić information content (AvgIpc) is 3.29. The van der Waals surface area contributed by atoms with E-state index in [-0.39, 0.29) is 23.1 Å². The van der Waals surface area contributed by atoms with Crippen LogP contribution in [0.5, 0.6) is 0 Å². The Morgan fingerprint density at radius 2 is 1.66 bits per heavy atom. The van der Waals surface area contributed by atoms with Gasteiger partial charge in [0.15, 0.2) is 11.5 Å². The molecule has 4 aromatic rings. The van der Waals surface area contributed by atoms with Gasteiger partial charge < -0.3 is 9.73 Å². The second-order valence-electron chi connectivity index (χ2n) is 7.89. The third kappa shape index (κ3) is 4.15. The summed E-state index contributed by atoms with van der Waals surface area (Å²) in [5, 5.41) is 11.5. The number of anilines is 2. The molecule has 0 atom stereocenters. The molecule has 9 heteroatoms. The van der Waals surface area contributed by atoms with Gasteiger partial charge in [-0.2, -0.15) is 13.2 Å². The first kappa shape index (κ1) is 20.4. The smallest absolute Gasteiger partial charge is 0.416 e. The van der Waals surface area contributed by atoms with Gasteiger partial charge in [-0.3, -0.25) is 0 Å². The number of rotatable bonds is 4. The van der Waals surface area contributed by atoms with Crippen LogP contribution in [0.15, 0.2) is 52.9 Å². The zero-order valence-corrected chi connectivity index (χ0v) is 17.1. The minimum Gasteiger partial charge on any atom is -0.419 e. The van der Waals surface area contributed by atoms with E-state index in [0.29, 0.717) is 22.8 Å². The Labute approximate surface area is 181 Å². The number of aromatic nitrogens is 4. The molecule has 0 radical (unpaired) electrons. The Bertz CT molecular complexity index is 1230. The molecule has 1 aliphatic carbocycles. The maximum Gasteiger partial charge on any atom is 0.416 e. The Kier molecular flexibility index (Phi) is 5.24. The van der Waals surface area contributed by atoms with Gasteiger partial charge in [0.05, 0.1) is 16.6 Å². The van der Waals surface area contributed by atoms with Crippen LogP contribution in [0.25, 0.3) is 22.6 Å². The largest absolute Gasteiger partial charge is 0.419 e. The second-order valence-corrected chi connectivity index (χ2v) is 7.89. The number of halogens is 3. The normalized spacial score (nSPS) is 15.2. The molecule has 5 rings (SSSR count). The van der Waals surface area contributed by atoms with Crippen LogP contribution in [0.4, 0.5) is 24.7 Å². The van der Waals surface area contributed by atoms with Crippen LogP contribution in [-0.4, -0.2) is 20.2 Å². The van der Waals surface area contributed by atoms with E-state index >= 15 is 0 Å². The van der Waals surface area contributed by atoms with Gasteiger partial charge in [0.1, 0.15) is 0 Å². The first-order chi connectivity index (χ1) is 15.5. The maximum absolute atomic E-state index is 13.2. The number of hydrogen-bond donors (Lipinski definition) is 1. The van der Waals surface area contributed by atoms with Gasteiger partial charge >= 0.3 is 6.18 Å². The summed E-state index contributed by atoms with van der Waals surface area (Å²) in [6.07, 6.45) is 0.990. The van der Waals surface area contributed by atoms with Crippen LogP contribution < -0.4 is 5.32 Å². The number of nitrogens with zero attached hydrogens (tertiary/aromatic N) is 4. The second kappa shape index (κ2) is 8.22. The SMILES string of the molecule is FC(F)(F)c1ccc2nc(-c3nnc(C4CCCCC4)o3)c(Nc3ccccc3)nc2c1. The van der Waals surface area contributed by atoms with Gasteiger partial charge in [-0.25, -0.2) is 9.97 Å². The molecule has 2 aromatic carbocycles. The van der Waals surface area contributed by atoms with Crippen LogP contribution >= 0.6 is 0 Å². The molecular formula is C23H20F3N5O. The summed E-state index contributed by atoms with van der Waals surface area (Å²) >= 11 is 0. The fourth-order valence-corrected chi connectivity index (χ4v) is 3.97. The molecule has 6 nitrogen and oxygen atoms in total. The summed E-state index contributed by atoms with van der Waals surface area (Å²) in [6, 6.07) is 12.5. The lowest BCUT2D eigenvalue weighted by Crippen LogP contribution is -2.06. The Hall–Kier alpha value is -3.49. The predicted octanol–water partition coefficient (Wildman–Crippen LogP) is 6.49. The molecular weight excluding hydrogens is 419 g/mol. The van der Waals surface area contributed by atoms with Crippen molar-refractivity contribution in [3.63, 3.8) is 0 Å². The topological polar surface area (TPSA) is 76.7 Å². The number of para-hydroxylation sites is 1. The number of fused-ring (bicyclic) bond motifs is 1. The molecule has 0 unspecified atom stereocenters. The van der Waals surface area contributed by atoms with E-state index in [1.165, 1.54) is 12.5 Å². The molecule has 1 N–H and O–H groups in total. The van der Waals surface area contributed by atoms with E-state index in [1.54, 1.807) is 0 Å². The predicted molar refractivity (Wildman–Crippen MR) is 113 cm³/mol. The third-order valence-electron chi connectivity index (χ3n) is 5.63. The molecule has 0 bridgehead atoms. The van der Waals surface area contributed by atoms with Gasteiger partial charge in [-0.15, -0.1) is 10.2 Å². The highest BCUT2D eigenvalue weighted by Crippen LogP contribution is 2.36. The zero-order valence-electron chi connectivity index (χ0n) is 17.1. The summed E-state index contributed by atoms with van der Waals surface area (Å²) in [4.78, 5) is 8.98. The summed E-state index contributed by atoms with van der Waals surface area (Å²) in [6.45, 7) is 0. The standard InChI is InChI=1S/C23H20F3N5O/c24-23(25,26)15-11-12-17-18(13-15)29-20(27-16-9-5-2-6-10-16)19(28-17)22-31-30-21(32-22)14-7-3-1-4-8-14/h2,5-6,9-14H,1,3-4,7-8H2,(H,27,29). The summed E-state index contributed by atoms with van der Waals surface area (Å²) in [5.74, 6) is 1.23. The first-order valence-corrected chi connectivity index (χ1v) is 10.5. The van der Waals surface area contributed by atoms with E-state index in [1.807, 2.05) is 30.3 Å². The molecule has 164 valence electrons. The van der Waals surface area contributed by atoms with Gasteiger partial charge in [0, 0.05) is 11.6 Å². The molecule has 1 aliphatic rings.